The fourth-order valence-corrected chi connectivity index (χ4v) is 2.89. The molecule has 1 aliphatic rings. The number of nitrogens with zero attached hydrogens (tertiary/aromatic N) is 1. The van der Waals surface area contributed by atoms with Crippen LogP contribution in [0.25, 0.3) is 0 Å². The van der Waals surface area contributed by atoms with E-state index < -0.39 is 0 Å². The second-order valence-corrected chi connectivity index (χ2v) is 5.87. The highest BCUT2D eigenvalue weighted by Gasteiger charge is 2.27. The Morgan fingerprint density at radius 3 is 2.68 bits per heavy atom. The molecular formula is C20H21NO4. The number of hydrogen-bond donors (Lipinski definition) is 0. The van der Waals surface area contributed by atoms with Crippen molar-refractivity contribution in [1.29, 1.82) is 0 Å². The molecule has 0 N–H and O–H groups in total. The van der Waals surface area contributed by atoms with Gasteiger partial charge in [-0.25, -0.2) is 0 Å². The number of carbonyl (C=O) groups is 2. The summed E-state index contributed by atoms with van der Waals surface area (Å²) in [4.78, 5) is 26.4. The van der Waals surface area contributed by atoms with Crippen LogP contribution in [0.5, 0.6) is 11.5 Å². The lowest BCUT2D eigenvalue weighted by Gasteiger charge is -2.29. The van der Waals surface area contributed by atoms with E-state index in [1.54, 1.807) is 30.2 Å². The van der Waals surface area contributed by atoms with Gasteiger partial charge in [0.05, 0.1) is 19.4 Å². The van der Waals surface area contributed by atoms with Gasteiger partial charge in [-0.3, -0.25) is 9.59 Å². The van der Waals surface area contributed by atoms with Gasteiger partial charge >= 0.3 is 0 Å². The first-order valence-corrected chi connectivity index (χ1v) is 8.38. The molecular weight excluding hydrogens is 318 g/mol. The summed E-state index contributed by atoms with van der Waals surface area (Å²) in [6, 6.07) is 14.8. The quantitative estimate of drug-likeness (QED) is 0.756. The van der Waals surface area contributed by atoms with Gasteiger partial charge < -0.3 is 14.4 Å². The predicted octanol–water partition coefficient (Wildman–Crippen LogP) is 3.47. The van der Waals surface area contributed by atoms with Gasteiger partial charge in [0.1, 0.15) is 11.5 Å². The van der Waals surface area contributed by atoms with Crippen molar-refractivity contribution in [1.82, 2.24) is 0 Å². The van der Waals surface area contributed by atoms with E-state index in [1.165, 1.54) is 0 Å². The van der Waals surface area contributed by atoms with Crippen LogP contribution in [0, 0.1) is 0 Å². The molecule has 0 aromatic heterocycles. The zero-order valence-corrected chi connectivity index (χ0v) is 14.2. The van der Waals surface area contributed by atoms with E-state index in [9.17, 15) is 9.59 Å². The summed E-state index contributed by atoms with van der Waals surface area (Å²) in [5.74, 6) is 1.48. The molecule has 0 saturated carbocycles. The Morgan fingerprint density at radius 1 is 1.12 bits per heavy atom. The summed E-state index contributed by atoms with van der Waals surface area (Å²) in [5.41, 5.74) is 1.23. The van der Waals surface area contributed by atoms with Crippen LogP contribution in [0.15, 0.2) is 48.5 Å². The van der Waals surface area contributed by atoms with Crippen LogP contribution in [0.3, 0.4) is 0 Å². The topological polar surface area (TPSA) is 55.8 Å². The minimum atomic E-state index is 0.00979. The zero-order chi connectivity index (χ0) is 17.6. The van der Waals surface area contributed by atoms with Crippen molar-refractivity contribution in [3.8, 4) is 11.5 Å². The van der Waals surface area contributed by atoms with Gasteiger partial charge in [-0.2, -0.15) is 0 Å². The van der Waals surface area contributed by atoms with Crippen LogP contribution in [0.4, 0.5) is 5.69 Å². The van der Waals surface area contributed by atoms with E-state index in [0.717, 1.165) is 5.75 Å². The number of benzene rings is 2. The molecule has 0 saturated heterocycles. The number of anilines is 1. The number of amides is 1. The van der Waals surface area contributed by atoms with Crippen LogP contribution in [-0.2, 0) is 4.79 Å². The number of ether oxygens (including phenoxy) is 2. The number of fused-ring (bicyclic) bond motifs is 1. The molecule has 5 nitrogen and oxygen atoms in total. The Kier molecular flexibility index (Phi) is 5.33. The molecule has 2 aromatic carbocycles. The maximum absolute atomic E-state index is 12.6. The Hall–Kier alpha value is -2.82. The first kappa shape index (κ1) is 17.0. The second-order valence-electron chi connectivity index (χ2n) is 5.87. The summed E-state index contributed by atoms with van der Waals surface area (Å²) in [6.07, 6.45) is 1.35. The van der Waals surface area contributed by atoms with E-state index in [2.05, 4.69) is 0 Å². The van der Waals surface area contributed by atoms with Crippen LogP contribution < -0.4 is 14.4 Å². The third-order valence-corrected chi connectivity index (χ3v) is 4.21. The molecule has 0 atom stereocenters. The van der Waals surface area contributed by atoms with Crippen molar-refractivity contribution in [2.24, 2.45) is 0 Å². The molecule has 0 fully saturated rings. The number of ketones is 1. The Balaban J connectivity index is 1.59. The number of hydrogen-bond acceptors (Lipinski definition) is 4. The van der Waals surface area contributed by atoms with E-state index in [0.29, 0.717) is 49.4 Å². The lowest BCUT2D eigenvalue weighted by Crippen LogP contribution is -2.37. The lowest BCUT2D eigenvalue weighted by atomic mass is 9.99. The molecule has 130 valence electrons. The number of carbonyl (C=O) groups excluding carboxylic acids is 2. The fourth-order valence-electron chi connectivity index (χ4n) is 2.89. The molecule has 0 bridgehead atoms. The molecule has 0 radical (unpaired) electrons. The average molecular weight is 339 g/mol. The molecule has 25 heavy (non-hydrogen) atoms. The Bertz CT molecular complexity index is 758. The summed E-state index contributed by atoms with van der Waals surface area (Å²) in [5, 5.41) is 0. The maximum atomic E-state index is 12.6. The predicted molar refractivity (Wildman–Crippen MR) is 95.5 cm³/mol. The van der Waals surface area contributed by atoms with Gasteiger partial charge in [0.2, 0.25) is 5.91 Å². The maximum Gasteiger partial charge on any atom is 0.227 e. The molecule has 5 heteroatoms. The summed E-state index contributed by atoms with van der Waals surface area (Å²) < 4.78 is 10.8. The van der Waals surface area contributed by atoms with Crippen LogP contribution in [-0.4, -0.2) is 32.0 Å². The summed E-state index contributed by atoms with van der Waals surface area (Å²) in [7, 11) is 1.56. The van der Waals surface area contributed by atoms with E-state index >= 15 is 0 Å². The monoisotopic (exact) mass is 339 g/mol. The van der Waals surface area contributed by atoms with Gasteiger partial charge in [0.25, 0.3) is 0 Å². The van der Waals surface area contributed by atoms with Crippen molar-refractivity contribution in [2.75, 3.05) is 25.2 Å². The third-order valence-electron chi connectivity index (χ3n) is 4.21. The van der Waals surface area contributed by atoms with Crippen molar-refractivity contribution in [3.63, 3.8) is 0 Å². The number of rotatable bonds is 6. The van der Waals surface area contributed by atoms with Crippen molar-refractivity contribution < 1.29 is 19.1 Å². The Labute approximate surface area is 147 Å². The smallest absolute Gasteiger partial charge is 0.227 e. The molecule has 2 aromatic rings. The standard InChI is InChI=1S/C20H21NO4/c1-24-16-9-10-18-17(14-16)19(22)11-12-21(18)20(23)8-5-13-25-15-6-3-2-4-7-15/h2-4,6-7,9-10,14H,5,8,11-13H2,1H3. The minimum Gasteiger partial charge on any atom is -0.497 e. The average Bonchev–Trinajstić information content (AvgIpc) is 2.66. The second kappa shape index (κ2) is 7.83. The zero-order valence-electron chi connectivity index (χ0n) is 14.2. The molecule has 1 heterocycles. The van der Waals surface area contributed by atoms with E-state index in [-0.39, 0.29) is 11.7 Å². The molecule has 1 amide bonds. The highest BCUT2D eigenvalue weighted by atomic mass is 16.5. The van der Waals surface area contributed by atoms with Gasteiger partial charge in [-0.1, -0.05) is 18.2 Å². The first-order valence-electron chi connectivity index (χ1n) is 8.38. The number of Topliss-reactive ketones (excluding diaryl/α,β-unsaturated/α-hetero) is 1. The minimum absolute atomic E-state index is 0.00979. The SMILES string of the molecule is COc1ccc2c(c1)C(=O)CCN2C(=O)CCCOc1ccccc1. The molecule has 0 unspecified atom stereocenters. The summed E-state index contributed by atoms with van der Waals surface area (Å²) in [6.45, 7) is 0.911. The van der Waals surface area contributed by atoms with Crippen molar-refractivity contribution in [2.45, 2.75) is 19.3 Å². The fraction of sp³-hybridized carbons (Fsp3) is 0.300. The largest absolute Gasteiger partial charge is 0.497 e. The summed E-state index contributed by atoms with van der Waals surface area (Å²) >= 11 is 0. The van der Waals surface area contributed by atoms with Gasteiger partial charge in [0.15, 0.2) is 5.78 Å². The molecule has 0 aliphatic carbocycles. The van der Waals surface area contributed by atoms with Gasteiger partial charge in [-0.05, 0) is 36.8 Å². The van der Waals surface area contributed by atoms with Crippen LogP contribution >= 0.6 is 0 Å². The normalized spacial score (nSPS) is 13.3. The molecule has 1 aliphatic heterocycles. The third kappa shape index (κ3) is 3.99. The lowest BCUT2D eigenvalue weighted by molar-refractivity contribution is -0.118. The van der Waals surface area contributed by atoms with Crippen LogP contribution in [0.2, 0.25) is 0 Å². The van der Waals surface area contributed by atoms with Gasteiger partial charge in [0, 0.05) is 24.9 Å². The number of para-hydroxylation sites is 1. The first-order chi connectivity index (χ1) is 12.2. The molecule has 0 spiro atoms. The van der Waals surface area contributed by atoms with Crippen molar-refractivity contribution in [3.05, 3.63) is 54.1 Å². The highest BCUT2D eigenvalue weighted by molar-refractivity contribution is 6.09. The van der Waals surface area contributed by atoms with E-state index in [1.807, 2.05) is 30.3 Å². The van der Waals surface area contributed by atoms with Crippen LogP contribution in [0.1, 0.15) is 29.6 Å². The van der Waals surface area contributed by atoms with Gasteiger partial charge in [-0.15, -0.1) is 0 Å². The number of methoxy groups -OCH3 is 1. The highest BCUT2D eigenvalue weighted by Crippen LogP contribution is 2.31. The Morgan fingerprint density at radius 2 is 1.92 bits per heavy atom. The molecule has 3 rings (SSSR count). The van der Waals surface area contributed by atoms with Crippen molar-refractivity contribution >= 4 is 17.4 Å². The van der Waals surface area contributed by atoms with E-state index in [4.69, 9.17) is 9.47 Å².